The van der Waals surface area contributed by atoms with E-state index >= 15 is 4.39 Å². The third kappa shape index (κ3) is 5.26. The second kappa shape index (κ2) is 11.7. The Bertz CT molecular complexity index is 2000. The zero-order chi connectivity index (χ0) is 31.1. The molecule has 1 N–H and O–H groups in total. The number of halogens is 1. The van der Waals surface area contributed by atoms with Gasteiger partial charge in [0.25, 0.3) is 11.1 Å². The Balaban J connectivity index is 1.29. The highest BCUT2D eigenvalue weighted by Gasteiger charge is 2.28. The highest BCUT2D eigenvalue weighted by Crippen LogP contribution is 2.25. The number of aromatic nitrogens is 4. The molecule has 2 aliphatic heterocycles. The van der Waals surface area contributed by atoms with Gasteiger partial charge in [-0.3, -0.25) is 23.3 Å². The van der Waals surface area contributed by atoms with Gasteiger partial charge in [0.2, 0.25) is 0 Å². The van der Waals surface area contributed by atoms with E-state index in [9.17, 15) is 19.2 Å². The van der Waals surface area contributed by atoms with Crippen LogP contribution in [0, 0.1) is 17.1 Å². The summed E-state index contributed by atoms with van der Waals surface area (Å²) in [5.74, 6) is -0.781. The number of nitriles is 1. The van der Waals surface area contributed by atoms with Crippen LogP contribution in [0.2, 0.25) is 0 Å². The van der Waals surface area contributed by atoms with Crippen LogP contribution < -0.4 is 22.1 Å². The summed E-state index contributed by atoms with van der Waals surface area (Å²) in [6.45, 7) is 4.80. The smallest absolute Gasteiger partial charge is 0.331 e. The molecule has 4 aromatic rings. The van der Waals surface area contributed by atoms with Crippen molar-refractivity contribution in [3.05, 3.63) is 79.2 Å². The molecule has 2 amide bonds. The maximum Gasteiger partial charge on any atom is 0.331 e. The van der Waals surface area contributed by atoms with E-state index in [4.69, 9.17) is 10.00 Å². The molecular weight excluding hydrogens is 569 g/mol. The quantitative estimate of drug-likeness (QED) is 0.369. The molecule has 2 saturated heterocycles. The molecule has 2 aromatic heterocycles. The second-order valence-corrected chi connectivity index (χ2v) is 11.6. The van der Waals surface area contributed by atoms with Crippen LogP contribution in [0.5, 0.6) is 0 Å². The lowest BCUT2D eigenvalue weighted by atomic mass is 10.1. The number of benzene rings is 2. The molecule has 0 aliphatic carbocycles. The van der Waals surface area contributed by atoms with E-state index in [1.54, 1.807) is 32.0 Å². The van der Waals surface area contributed by atoms with Gasteiger partial charge in [0.05, 0.1) is 64.1 Å². The molecule has 0 bridgehead atoms. The lowest BCUT2D eigenvalue weighted by Gasteiger charge is -2.33. The van der Waals surface area contributed by atoms with Crippen molar-refractivity contribution in [3.63, 3.8) is 0 Å². The minimum absolute atomic E-state index is 0.0943. The number of anilines is 1. The number of amides is 2. The number of piperidine rings is 1. The van der Waals surface area contributed by atoms with Crippen LogP contribution in [0.15, 0.2) is 51.0 Å². The van der Waals surface area contributed by atoms with E-state index in [0.29, 0.717) is 42.5 Å². The number of rotatable bonds is 5. The minimum atomic E-state index is -0.781. The third-order valence-electron chi connectivity index (χ3n) is 8.42. The summed E-state index contributed by atoms with van der Waals surface area (Å²) in [5.41, 5.74) is -0.598. The predicted octanol–water partition coefficient (Wildman–Crippen LogP) is 3.51. The highest BCUT2D eigenvalue weighted by molar-refractivity contribution is 5.93. The van der Waals surface area contributed by atoms with Crippen LogP contribution in [-0.4, -0.2) is 55.4 Å². The third-order valence-corrected chi connectivity index (χ3v) is 8.42. The van der Waals surface area contributed by atoms with Crippen LogP contribution in [0.3, 0.4) is 0 Å². The summed E-state index contributed by atoms with van der Waals surface area (Å²) >= 11 is 0. The molecule has 2 fully saturated rings. The van der Waals surface area contributed by atoms with Crippen LogP contribution in [0.4, 0.5) is 14.9 Å². The number of likely N-dealkylation sites (tertiary alicyclic amines) is 1. The zero-order valence-corrected chi connectivity index (χ0v) is 24.5. The van der Waals surface area contributed by atoms with E-state index in [1.807, 2.05) is 6.07 Å². The van der Waals surface area contributed by atoms with Crippen LogP contribution in [-0.2, 0) is 11.3 Å². The van der Waals surface area contributed by atoms with Crippen molar-refractivity contribution in [3.8, 4) is 6.07 Å². The molecule has 13 heteroatoms. The average Bonchev–Trinajstić information content (AvgIpc) is 3.53. The number of nitrogens with one attached hydrogen (secondary N) is 1. The molecule has 6 rings (SSSR count). The number of hydrogen-bond donors (Lipinski definition) is 1. The molecule has 0 unspecified atom stereocenters. The number of nitrogens with zero attached hydrogens (tertiary/aromatic N) is 6. The first kappa shape index (κ1) is 29.3. The first-order chi connectivity index (χ1) is 21.2. The Morgan fingerprint density at radius 3 is 2.68 bits per heavy atom. The fraction of sp³-hybridized carbons (Fsp3) is 0.419. The first-order valence-electron chi connectivity index (χ1n) is 14.7. The maximum absolute atomic E-state index is 15.4. The number of hydrogen-bond acceptors (Lipinski definition) is 7. The van der Waals surface area contributed by atoms with Gasteiger partial charge >= 0.3 is 11.7 Å². The predicted molar refractivity (Wildman–Crippen MR) is 161 cm³/mol. The summed E-state index contributed by atoms with van der Waals surface area (Å²) in [4.78, 5) is 59.3. The molecule has 44 heavy (non-hydrogen) atoms. The van der Waals surface area contributed by atoms with Gasteiger partial charge in [-0.25, -0.2) is 19.0 Å². The molecule has 0 radical (unpaired) electrons. The highest BCUT2D eigenvalue weighted by atomic mass is 19.1. The molecule has 2 aliphatic rings. The van der Waals surface area contributed by atoms with Gasteiger partial charge < -0.3 is 15.0 Å². The van der Waals surface area contributed by atoms with E-state index < -0.39 is 23.1 Å². The molecule has 12 nitrogen and oxygen atoms in total. The Kier molecular flexibility index (Phi) is 7.77. The molecular formula is C31H32FN7O5. The molecule has 4 heterocycles. The van der Waals surface area contributed by atoms with E-state index in [2.05, 4.69) is 10.3 Å². The van der Waals surface area contributed by atoms with Gasteiger partial charge in [-0.1, -0.05) is 0 Å². The number of ether oxygens (including phenoxy) is 1. The summed E-state index contributed by atoms with van der Waals surface area (Å²) in [7, 11) is 0. The fourth-order valence-corrected chi connectivity index (χ4v) is 6.17. The molecule has 228 valence electrons. The second-order valence-electron chi connectivity index (χ2n) is 11.6. The fourth-order valence-electron chi connectivity index (χ4n) is 6.17. The number of urea groups is 1. The summed E-state index contributed by atoms with van der Waals surface area (Å²) < 4.78 is 25.1. The molecule has 0 saturated carbocycles. The lowest BCUT2D eigenvalue weighted by molar-refractivity contribution is 0.0947. The average molecular weight is 602 g/mol. The Labute approximate surface area is 250 Å². The van der Waals surface area contributed by atoms with Crippen molar-refractivity contribution < 1.29 is 13.9 Å². The SMILES string of the molecule is CC(C)n1c(=O)n(C[C@@H]2CCCO2)c(=O)c2cc(NC(=O)N3CCC[C@@H](n4cnc5cc(C#N)ccc5c4=O)C3)c(F)cc21. The lowest BCUT2D eigenvalue weighted by Crippen LogP contribution is -2.45. The van der Waals surface area contributed by atoms with Crippen molar-refractivity contribution in [1.82, 2.24) is 23.6 Å². The summed E-state index contributed by atoms with van der Waals surface area (Å²) in [6.07, 6.45) is 3.98. The monoisotopic (exact) mass is 601 g/mol. The van der Waals surface area contributed by atoms with Gasteiger partial charge in [-0.15, -0.1) is 0 Å². The summed E-state index contributed by atoms with van der Waals surface area (Å²) in [6, 6.07) is 7.82. The van der Waals surface area contributed by atoms with Gasteiger partial charge in [0.15, 0.2) is 0 Å². The van der Waals surface area contributed by atoms with Crippen LogP contribution in [0.25, 0.3) is 21.8 Å². The minimum Gasteiger partial charge on any atom is -0.376 e. The summed E-state index contributed by atoms with van der Waals surface area (Å²) in [5, 5.41) is 12.2. The zero-order valence-electron chi connectivity index (χ0n) is 24.5. The number of fused-ring (bicyclic) bond motifs is 2. The van der Waals surface area contributed by atoms with Gasteiger partial charge in [-0.05, 0) is 63.8 Å². The van der Waals surface area contributed by atoms with E-state index in [1.165, 1.54) is 26.4 Å². The number of carbonyl (C=O) groups excluding carboxylic acids is 1. The molecule has 2 atom stereocenters. The van der Waals surface area contributed by atoms with Crippen LogP contribution in [0.1, 0.15) is 57.2 Å². The number of carbonyl (C=O) groups is 1. The first-order valence-corrected chi connectivity index (χ1v) is 14.7. The Morgan fingerprint density at radius 2 is 1.95 bits per heavy atom. The standard InChI is InChI=1S/C31H32FN7O5/c1-18(2)39-27-13-24(32)26(12-23(27)29(41)37(31(39)43)16-21-6-4-10-44-21)35-30(42)36-9-3-5-20(15-36)38-17-34-25-11-19(14-33)7-8-22(25)28(38)40/h7-8,11-13,17-18,20-21H,3-6,9-10,15-16H2,1-2H3,(H,35,42)/t20-,21+/m1/s1. The topological polar surface area (TPSA) is 144 Å². The van der Waals surface area contributed by atoms with Crippen molar-refractivity contribution in [2.75, 3.05) is 25.0 Å². The van der Waals surface area contributed by atoms with Crippen molar-refractivity contribution in [2.24, 2.45) is 0 Å². The Hall–Kier alpha value is -4.83. The Morgan fingerprint density at radius 1 is 1.14 bits per heavy atom. The maximum atomic E-state index is 15.4. The van der Waals surface area contributed by atoms with E-state index in [-0.39, 0.29) is 53.4 Å². The largest absolute Gasteiger partial charge is 0.376 e. The normalized spacial score (nSPS) is 18.7. The van der Waals surface area contributed by atoms with Gasteiger partial charge in [0.1, 0.15) is 5.82 Å². The van der Waals surface area contributed by atoms with Gasteiger partial charge in [-0.2, -0.15) is 5.26 Å². The van der Waals surface area contributed by atoms with Crippen molar-refractivity contribution in [1.29, 1.82) is 5.26 Å². The van der Waals surface area contributed by atoms with Gasteiger partial charge in [0, 0.05) is 31.8 Å². The molecule has 2 aromatic carbocycles. The van der Waals surface area contributed by atoms with E-state index in [0.717, 1.165) is 23.5 Å². The molecule has 0 spiro atoms. The van der Waals surface area contributed by atoms with Crippen molar-refractivity contribution >= 4 is 33.5 Å². The van der Waals surface area contributed by atoms with Crippen LogP contribution >= 0.6 is 0 Å². The van der Waals surface area contributed by atoms with Crippen molar-refractivity contribution in [2.45, 2.75) is 64.3 Å².